The number of likely N-dealkylation sites (N-methyl/N-ethyl adjacent to an activating group) is 1. The second-order valence-corrected chi connectivity index (χ2v) is 11.8. The van der Waals surface area contributed by atoms with Crippen molar-refractivity contribution < 1.29 is 9.59 Å². The summed E-state index contributed by atoms with van der Waals surface area (Å²) in [5.41, 5.74) is 9.61. The number of thiol groups is 1. The van der Waals surface area contributed by atoms with E-state index in [1.54, 1.807) is 24.3 Å². The van der Waals surface area contributed by atoms with Gasteiger partial charge in [0.2, 0.25) is 11.8 Å². The molecule has 3 aromatic rings. The Morgan fingerprint density at radius 3 is 2.32 bits per heavy atom. The molecular weight excluding hydrogens is 576 g/mol. The van der Waals surface area contributed by atoms with Crippen molar-refractivity contribution in [3.63, 3.8) is 0 Å². The maximum atomic E-state index is 12.9. The van der Waals surface area contributed by atoms with E-state index in [-0.39, 0.29) is 23.2 Å². The molecule has 5 rings (SSSR count). The van der Waals surface area contributed by atoms with E-state index >= 15 is 0 Å². The van der Waals surface area contributed by atoms with Gasteiger partial charge in [0.25, 0.3) is 0 Å². The number of piperazine rings is 2. The van der Waals surface area contributed by atoms with E-state index < -0.39 is 5.25 Å². The van der Waals surface area contributed by atoms with Gasteiger partial charge >= 0.3 is 0 Å². The molecule has 44 heavy (non-hydrogen) atoms. The monoisotopic (exact) mass is 614 g/mol. The quantitative estimate of drug-likeness (QED) is 0.321. The first-order valence-electron chi connectivity index (χ1n) is 14.7. The number of nitriles is 1. The van der Waals surface area contributed by atoms with Crippen molar-refractivity contribution in [1.29, 1.82) is 5.26 Å². The van der Waals surface area contributed by atoms with Gasteiger partial charge in [0.15, 0.2) is 0 Å². The van der Waals surface area contributed by atoms with Crippen LogP contribution in [0.4, 0.5) is 11.5 Å². The molecule has 12 nitrogen and oxygen atoms in total. The van der Waals surface area contributed by atoms with E-state index in [2.05, 4.69) is 43.1 Å². The molecule has 1 aromatic carbocycles. The Morgan fingerprint density at radius 2 is 1.66 bits per heavy atom. The van der Waals surface area contributed by atoms with Gasteiger partial charge in [-0.3, -0.25) is 24.4 Å². The van der Waals surface area contributed by atoms with Crippen LogP contribution in [0.1, 0.15) is 34.9 Å². The van der Waals surface area contributed by atoms with Crippen molar-refractivity contribution in [2.75, 3.05) is 77.0 Å². The maximum Gasteiger partial charge on any atom is 0.236 e. The van der Waals surface area contributed by atoms with Crippen LogP contribution in [0.3, 0.4) is 0 Å². The molecule has 0 saturated carbocycles. The van der Waals surface area contributed by atoms with Gasteiger partial charge in [-0.2, -0.15) is 17.9 Å². The summed E-state index contributed by atoms with van der Waals surface area (Å²) in [6.45, 7) is 9.42. The third kappa shape index (κ3) is 7.70. The first kappa shape index (κ1) is 31.3. The second kappa shape index (κ2) is 14.1. The van der Waals surface area contributed by atoms with E-state index in [9.17, 15) is 14.9 Å². The molecule has 2 fully saturated rings. The molecule has 2 aromatic heterocycles. The lowest BCUT2D eigenvalue weighted by atomic mass is 10.1. The van der Waals surface area contributed by atoms with Gasteiger partial charge in [0, 0.05) is 77.1 Å². The highest BCUT2D eigenvalue weighted by Gasteiger charge is 2.25. The molecule has 4 heterocycles. The molecule has 2 aliphatic rings. The van der Waals surface area contributed by atoms with Gasteiger partial charge < -0.3 is 20.9 Å². The van der Waals surface area contributed by atoms with Crippen molar-refractivity contribution in [3.05, 3.63) is 65.2 Å². The Balaban J connectivity index is 1.23. The second-order valence-electron chi connectivity index (χ2n) is 11.3. The zero-order chi connectivity index (χ0) is 31.2. The van der Waals surface area contributed by atoms with Crippen molar-refractivity contribution in [1.82, 2.24) is 34.6 Å². The van der Waals surface area contributed by atoms with Gasteiger partial charge in [0.1, 0.15) is 28.5 Å². The topological polar surface area (TPSA) is 148 Å². The number of rotatable bonds is 8. The summed E-state index contributed by atoms with van der Waals surface area (Å²) >= 11 is 4.80. The number of carbonyl (C=O) groups excluding carboxylic acids is 2. The van der Waals surface area contributed by atoms with Crippen LogP contribution in [0.25, 0.3) is 11.3 Å². The SMILES string of the molecule is CC(=O)Nc1ccc(-c2nc(C(S)c3cccc(CN4CCN(C(=O)CN5CCN(C)CC5)CC4)n3)nc(N)c2C#N)cc1. The molecule has 230 valence electrons. The summed E-state index contributed by atoms with van der Waals surface area (Å²) in [6, 6.07) is 14.9. The molecule has 2 aliphatic heterocycles. The number of anilines is 2. The van der Waals surface area contributed by atoms with E-state index in [1.807, 2.05) is 23.1 Å². The van der Waals surface area contributed by atoms with Crippen LogP contribution >= 0.6 is 12.6 Å². The number of pyridine rings is 1. The van der Waals surface area contributed by atoms with Gasteiger partial charge in [-0.25, -0.2) is 9.97 Å². The molecule has 0 spiro atoms. The Labute approximate surface area is 263 Å². The predicted octanol–water partition coefficient (Wildman–Crippen LogP) is 1.86. The average Bonchev–Trinajstić information content (AvgIpc) is 3.02. The summed E-state index contributed by atoms with van der Waals surface area (Å²) in [7, 11) is 2.12. The number of hydrogen-bond acceptors (Lipinski definition) is 11. The summed E-state index contributed by atoms with van der Waals surface area (Å²) in [4.78, 5) is 47.0. The van der Waals surface area contributed by atoms with Crippen molar-refractivity contribution in [2.45, 2.75) is 18.7 Å². The fourth-order valence-electron chi connectivity index (χ4n) is 5.40. The number of amides is 2. The van der Waals surface area contributed by atoms with Crippen LogP contribution in [-0.2, 0) is 16.1 Å². The molecule has 1 atom stereocenters. The zero-order valence-electron chi connectivity index (χ0n) is 25.1. The lowest BCUT2D eigenvalue weighted by molar-refractivity contribution is -0.134. The van der Waals surface area contributed by atoms with Crippen LogP contribution in [-0.4, -0.2) is 112 Å². The van der Waals surface area contributed by atoms with Crippen molar-refractivity contribution >= 4 is 35.9 Å². The number of benzene rings is 1. The smallest absolute Gasteiger partial charge is 0.236 e. The highest BCUT2D eigenvalue weighted by molar-refractivity contribution is 7.80. The highest BCUT2D eigenvalue weighted by atomic mass is 32.1. The summed E-state index contributed by atoms with van der Waals surface area (Å²) < 4.78 is 0. The number of nitrogens with two attached hydrogens (primary N) is 1. The van der Waals surface area contributed by atoms with Crippen LogP contribution in [0.15, 0.2) is 42.5 Å². The summed E-state index contributed by atoms with van der Waals surface area (Å²) in [5, 5.41) is 11.9. The minimum Gasteiger partial charge on any atom is -0.382 e. The first-order valence-corrected chi connectivity index (χ1v) is 15.2. The first-order chi connectivity index (χ1) is 21.2. The standard InChI is InChI=1S/C31H38N10O2S/c1-21(42)34-23-8-6-22(7-9-23)28-25(18-32)30(33)37-31(36-28)29(44)26-5-3-4-24(35-26)19-39-14-16-41(17-15-39)27(43)20-40-12-10-38(2)11-13-40/h3-9,29,44H,10-17,19-20H2,1-2H3,(H,34,42)(H2,33,36,37). The average molecular weight is 615 g/mol. The molecule has 2 saturated heterocycles. The number of nitrogens with zero attached hydrogens (tertiary/aromatic N) is 8. The van der Waals surface area contributed by atoms with Crippen LogP contribution in [0.2, 0.25) is 0 Å². The maximum absolute atomic E-state index is 12.9. The Morgan fingerprint density at radius 1 is 0.977 bits per heavy atom. The van der Waals surface area contributed by atoms with E-state index in [4.69, 9.17) is 23.3 Å². The number of nitrogen functional groups attached to an aromatic ring is 1. The third-order valence-corrected chi connectivity index (χ3v) is 8.46. The molecular formula is C31H38N10O2S. The number of hydrogen-bond donors (Lipinski definition) is 3. The minimum absolute atomic E-state index is 0.0636. The molecule has 0 radical (unpaired) electrons. The van der Waals surface area contributed by atoms with Crippen molar-refractivity contribution in [3.8, 4) is 17.3 Å². The van der Waals surface area contributed by atoms with Gasteiger partial charge in [-0.1, -0.05) is 18.2 Å². The Kier molecular flexibility index (Phi) is 10.1. The fraction of sp³-hybridized carbons (Fsp3) is 0.419. The van der Waals surface area contributed by atoms with Crippen LogP contribution in [0, 0.1) is 11.3 Å². The molecule has 3 N–H and O–H groups in total. The number of aromatic nitrogens is 3. The van der Waals surface area contributed by atoms with Crippen molar-refractivity contribution in [2.24, 2.45) is 0 Å². The van der Waals surface area contributed by atoms with E-state index in [1.165, 1.54) is 6.92 Å². The van der Waals surface area contributed by atoms with Crippen LogP contribution < -0.4 is 11.1 Å². The largest absolute Gasteiger partial charge is 0.382 e. The summed E-state index contributed by atoms with van der Waals surface area (Å²) in [6.07, 6.45) is 0. The van der Waals surface area contributed by atoms with E-state index in [0.717, 1.165) is 45.0 Å². The molecule has 2 amide bonds. The molecule has 13 heteroatoms. The van der Waals surface area contributed by atoms with Gasteiger partial charge in [-0.15, -0.1) is 0 Å². The minimum atomic E-state index is -0.577. The number of carbonyl (C=O) groups is 2. The van der Waals surface area contributed by atoms with Gasteiger partial charge in [0.05, 0.1) is 23.6 Å². The van der Waals surface area contributed by atoms with Crippen LogP contribution in [0.5, 0.6) is 0 Å². The fourth-order valence-corrected chi connectivity index (χ4v) is 5.66. The molecule has 1 unspecified atom stereocenters. The highest BCUT2D eigenvalue weighted by Crippen LogP contribution is 2.31. The predicted molar refractivity (Wildman–Crippen MR) is 172 cm³/mol. The Bertz CT molecular complexity index is 1530. The number of nitrogens with one attached hydrogen (secondary N) is 1. The third-order valence-electron chi connectivity index (χ3n) is 7.96. The lowest BCUT2D eigenvalue weighted by Crippen LogP contribution is -2.53. The zero-order valence-corrected chi connectivity index (χ0v) is 26.0. The Hall–Kier alpha value is -4.09. The summed E-state index contributed by atoms with van der Waals surface area (Å²) in [5.74, 6) is 0.430. The van der Waals surface area contributed by atoms with E-state index in [0.29, 0.717) is 54.6 Å². The van der Waals surface area contributed by atoms with Gasteiger partial charge in [-0.05, 0) is 31.3 Å². The lowest BCUT2D eigenvalue weighted by Gasteiger charge is -2.37. The normalized spacial score (nSPS) is 17.2. The molecule has 0 aliphatic carbocycles. The molecule has 0 bridgehead atoms.